The molecule has 1 aliphatic rings. The van der Waals surface area contributed by atoms with Crippen molar-refractivity contribution in [2.45, 2.75) is 43.5 Å². The zero-order chi connectivity index (χ0) is 25.9. The van der Waals surface area contributed by atoms with E-state index >= 15 is 8.78 Å². The van der Waals surface area contributed by atoms with E-state index in [4.69, 9.17) is 0 Å². The molecule has 5 nitrogen and oxygen atoms in total. The lowest BCUT2D eigenvalue weighted by molar-refractivity contribution is -0.131. The van der Waals surface area contributed by atoms with Crippen LogP contribution in [-0.4, -0.2) is 37.6 Å². The number of amides is 1. The number of carbonyl (C=O) groups excluding carboxylic acids is 1. The molecule has 3 aromatic rings. The molecule has 0 spiro atoms. The van der Waals surface area contributed by atoms with Crippen molar-refractivity contribution in [3.63, 3.8) is 0 Å². The molecule has 1 amide bonds. The standard InChI is InChI=1S/C28H30F2N2O3S/c1-20-8-14-26(15-9-20)36(34,35)32-18-16-25(17-19-32)28(29,30)27(31-21(2)33)24-12-10-23(11-13-24)22-6-4-3-5-7-22/h3-15,25,27H,16-19H2,1-2H3,(H,31,33). The first-order chi connectivity index (χ1) is 17.1. The Kier molecular flexibility index (Phi) is 7.57. The summed E-state index contributed by atoms with van der Waals surface area (Å²) in [6, 6.07) is 21.4. The molecule has 0 saturated carbocycles. The second kappa shape index (κ2) is 10.5. The van der Waals surface area contributed by atoms with Gasteiger partial charge in [0, 0.05) is 25.9 Å². The van der Waals surface area contributed by atoms with Crippen LogP contribution in [0.3, 0.4) is 0 Å². The molecule has 0 aliphatic carbocycles. The Morgan fingerprint density at radius 1 is 0.917 bits per heavy atom. The Morgan fingerprint density at radius 2 is 1.47 bits per heavy atom. The third-order valence-electron chi connectivity index (χ3n) is 6.74. The molecule has 1 heterocycles. The van der Waals surface area contributed by atoms with Gasteiger partial charge in [0.2, 0.25) is 15.9 Å². The molecule has 3 aromatic carbocycles. The number of carbonyl (C=O) groups is 1. The third-order valence-corrected chi connectivity index (χ3v) is 8.65. The summed E-state index contributed by atoms with van der Waals surface area (Å²) in [5, 5.41) is 2.44. The van der Waals surface area contributed by atoms with Gasteiger partial charge in [-0.2, -0.15) is 4.31 Å². The fraction of sp³-hybridized carbons (Fsp3) is 0.321. The van der Waals surface area contributed by atoms with Crippen LogP contribution in [0.15, 0.2) is 83.8 Å². The predicted molar refractivity (Wildman–Crippen MR) is 136 cm³/mol. The van der Waals surface area contributed by atoms with Crippen LogP contribution in [0.2, 0.25) is 0 Å². The van der Waals surface area contributed by atoms with Gasteiger partial charge in [-0.05, 0) is 48.6 Å². The van der Waals surface area contributed by atoms with Crippen LogP contribution in [-0.2, 0) is 14.8 Å². The highest BCUT2D eigenvalue weighted by Gasteiger charge is 2.49. The van der Waals surface area contributed by atoms with Crippen LogP contribution in [0.4, 0.5) is 8.78 Å². The minimum absolute atomic E-state index is 0.00370. The molecule has 1 N–H and O–H groups in total. The second-order valence-electron chi connectivity index (χ2n) is 9.29. The molecule has 4 rings (SSSR count). The lowest BCUT2D eigenvalue weighted by atomic mass is 9.84. The van der Waals surface area contributed by atoms with Gasteiger partial charge in [-0.25, -0.2) is 17.2 Å². The van der Waals surface area contributed by atoms with E-state index in [1.807, 2.05) is 37.3 Å². The summed E-state index contributed by atoms with van der Waals surface area (Å²) in [7, 11) is -3.75. The van der Waals surface area contributed by atoms with Gasteiger partial charge in [0.25, 0.3) is 5.92 Å². The maximum Gasteiger partial charge on any atom is 0.274 e. The van der Waals surface area contributed by atoms with E-state index in [0.29, 0.717) is 5.56 Å². The highest BCUT2D eigenvalue weighted by Crippen LogP contribution is 2.43. The van der Waals surface area contributed by atoms with Gasteiger partial charge in [0.15, 0.2) is 0 Å². The summed E-state index contributed by atoms with van der Waals surface area (Å²) in [6.45, 7) is 3.08. The quantitative estimate of drug-likeness (QED) is 0.450. The maximum absolute atomic E-state index is 15.9. The number of piperidine rings is 1. The van der Waals surface area contributed by atoms with Gasteiger partial charge in [0.1, 0.15) is 6.04 Å². The Hall–Kier alpha value is -3.10. The molecule has 1 unspecified atom stereocenters. The number of benzene rings is 3. The Balaban J connectivity index is 1.52. The summed E-state index contributed by atoms with van der Waals surface area (Å²) >= 11 is 0. The van der Waals surface area contributed by atoms with Crippen LogP contribution < -0.4 is 5.32 Å². The monoisotopic (exact) mass is 512 g/mol. The van der Waals surface area contributed by atoms with Crippen molar-refractivity contribution >= 4 is 15.9 Å². The highest BCUT2D eigenvalue weighted by atomic mass is 32.2. The zero-order valence-corrected chi connectivity index (χ0v) is 21.1. The number of hydrogen-bond donors (Lipinski definition) is 1. The van der Waals surface area contributed by atoms with Crippen LogP contribution >= 0.6 is 0 Å². The van der Waals surface area contributed by atoms with Crippen LogP contribution in [0, 0.1) is 12.8 Å². The van der Waals surface area contributed by atoms with Crippen molar-refractivity contribution < 1.29 is 22.0 Å². The van der Waals surface area contributed by atoms with E-state index in [9.17, 15) is 13.2 Å². The highest BCUT2D eigenvalue weighted by molar-refractivity contribution is 7.89. The van der Waals surface area contributed by atoms with Crippen LogP contribution in [0.1, 0.15) is 36.9 Å². The average molecular weight is 513 g/mol. The minimum Gasteiger partial charge on any atom is -0.344 e. The van der Waals surface area contributed by atoms with E-state index in [1.54, 1.807) is 36.4 Å². The Morgan fingerprint density at radius 3 is 2.03 bits per heavy atom. The fourth-order valence-electron chi connectivity index (χ4n) is 4.68. The number of halogens is 2. The molecule has 1 atom stereocenters. The molecule has 8 heteroatoms. The van der Waals surface area contributed by atoms with Crippen molar-refractivity contribution in [1.82, 2.24) is 9.62 Å². The van der Waals surface area contributed by atoms with Gasteiger partial charge < -0.3 is 5.32 Å². The SMILES string of the molecule is CC(=O)NC(c1ccc(-c2ccccc2)cc1)C(F)(F)C1CCN(S(=O)(=O)c2ccc(C)cc2)CC1. The molecule has 0 aromatic heterocycles. The molecular formula is C28H30F2N2O3S. The third kappa shape index (κ3) is 5.50. The minimum atomic E-state index is -3.75. The van der Waals surface area contributed by atoms with E-state index in [0.717, 1.165) is 16.7 Å². The van der Waals surface area contributed by atoms with Gasteiger partial charge in [0.05, 0.1) is 4.90 Å². The molecule has 36 heavy (non-hydrogen) atoms. The molecular weight excluding hydrogens is 482 g/mol. The van der Waals surface area contributed by atoms with Gasteiger partial charge >= 0.3 is 0 Å². The lowest BCUT2D eigenvalue weighted by Crippen LogP contribution is -2.49. The molecule has 0 bridgehead atoms. The van der Waals surface area contributed by atoms with E-state index < -0.39 is 33.8 Å². The van der Waals surface area contributed by atoms with E-state index in [2.05, 4.69) is 5.32 Å². The summed E-state index contributed by atoms with van der Waals surface area (Å²) in [5.41, 5.74) is 3.10. The summed E-state index contributed by atoms with van der Waals surface area (Å²) < 4.78 is 58.9. The average Bonchev–Trinajstić information content (AvgIpc) is 2.88. The first kappa shape index (κ1) is 26.0. The number of rotatable bonds is 7. The Labute approximate surface area is 211 Å². The van der Waals surface area contributed by atoms with Crippen molar-refractivity contribution in [2.24, 2.45) is 5.92 Å². The number of hydrogen-bond acceptors (Lipinski definition) is 3. The van der Waals surface area contributed by atoms with Crippen molar-refractivity contribution in [3.8, 4) is 11.1 Å². The smallest absolute Gasteiger partial charge is 0.274 e. The fourth-order valence-corrected chi connectivity index (χ4v) is 6.15. The number of alkyl halides is 2. The number of sulfonamides is 1. The maximum atomic E-state index is 15.9. The van der Waals surface area contributed by atoms with Crippen LogP contribution in [0.5, 0.6) is 0 Å². The Bertz CT molecular complexity index is 1290. The normalized spacial score (nSPS) is 16.4. The molecule has 190 valence electrons. The lowest BCUT2D eigenvalue weighted by Gasteiger charge is -2.39. The number of aryl methyl sites for hydroxylation is 1. The van der Waals surface area contributed by atoms with E-state index in [1.165, 1.54) is 23.4 Å². The summed E-state index contributed by atoms with van der Waals surface area (Å²) in [5.74, 6) is -4.89. The first-order valence-electron chi connectivity index (χ1n) is 12.0. The molecule has 0 radical (unpaired) electrons. The zero-order valence-electron chi connectivity index (χ0n) is 20.3. The van der Waals surface area contributed by atoms with Crippen molar-refractivity contribution in [3.05, 3.63) is 90.0 Å². The van der Waals surface area contributed by atoms with Crippen LogP contribution in [0.25, 0.3) is 11.1 Å². The van der Waals surface area contributed by atoms with Crippen molar-refractivity contribution in [1.29, 1.82) is 0 Å². The second-order valence-corrected chi connectivity index (χ2v) is 11.2. The molecule has 1 fully saturated rings. The van der Waals surface area contributed by atoms with Gasteiger partial charge in [-0.15, -0.1) is 0 Å². The van der Waals surface area contributed by atoms with Crippen molar-refractivity contribution in [2.75, 3.05) is 13.1 Å². The summed E-state index contributed by atoms with van der Waals surface area (Å²) in [6.07, 6.45) is -0.00739. The van der Waals surface area contributed by atoms with Gasteiger partial charge in [-0.3, -0.25) is 4.79 Å². The molecule has 1 aliphatic heterocycles. The predicted octanol–water partition coefficient (Wildman–Crippen LogP) is 5.58. The van der Waals surface area contributed by atoms with E-state index in [-0.39, 0.29) is 30.8 Å². The first-order valence-corrected chi connectivity index (χ1v) is 13.4. The number of nitrogens with zero attached hydrogens (tertiary/aromatic N) is 1. The molecule has 1 saturated heterocycles. The summed E-state index contributed by atoms with van der Waals surface area (Å²) in [4.78, 5) is 12.0. The topological polar surface area (TPSA) is 66.5 Å². The largest absolute Gasteiger partial charge is 0.344 e. The number of nitrogens with one attached hydrogen (secondary N) is 1. The van der Waals surface area contributed by atoms with Gasteiger partial charge in [-0.1, -0.05) is 72.3 Å².